The molecule has 16 heavy (non-hydrogen) atoms. The standard InChI is InChI=1S/C10H19N3O2S/c1-2-5-11-7-3-4-9(14)10(15,6-7)13-8(16)12-9/h7,11,14-15H,2-6H2,1H3,(H2,12,13,16). The molecule has 0 spiro atoms. The zero-order chi connectivity index (χ0) is 11.8. The summed E-state index contributed by atoms with van der Waals surface area (Å²) in [5, 5.41) is 29.8. The van der Waals surface area contributed by atoms with E-state index in [1.54, 1.807) is 0 Å². The zero-order valence-corrected chi connectivity index (χ0v) is 10.2. The van der Waals surface area contributed by atoms with Crippen molar-refractivity contribution in [1.29, 1.82) is 0 Å². The second kappa shape index (κ2) is 4.10. The van der Waals surface area contributed by atoms with E-state index in [1.165, 1.54) is 0 Å². The first-order valence-electron chi connectivity index (χ1n) is 5.77. The summed E-state index contributed by atoms with van der Waals surface area (Å²) < 4.78 is 0. The third-order valence-corrected chi connectivity index (χ3v) is 3.61. The summed E-state index contributed by atoms with van der Waals surface area (Å²) in [6, 6.07) is 0.223. The lowest BCUT2D eigenvalue weighted by Crippen LogP contribution is -2.65. The minimum atomic E-state index is -1.34. The van der Waals surface area contributed by atoms with E-state index in [2.05, 4.69) is 22.9 Å². The summed E-state index contributed by atoms with van der Waals surface area (Å²) in [5.74, 6) is 0. The van der Waals surface area contributed by atoms with Crippen molar-refractivity contribution in [2.24, 2.45) is 0 Å². The number of hydrogen-bond donors (Lipinski definition) is 5. The minimum Gasteiger partial charge on any atom is -0.367 e. The normalized spacial score (nSPS) is 42.4. The highest BCUT2D eigenvalue weighted by Crippen LogP contribution is 2.36. The van der Waals surface area contributed by atoms with Crippen LogP contribution < -0.4 is 16.0 Å². The first-order chi connectivity index (χ1) is 7.49. The van der Waals surface area contributed by atoms with Crippen LogP contribution in [0.5, 0.6) is 0 Å². The third kappa shape index (κ3) is 1.90. The van der Waals surface area contributed by atoms with Gasteiger partial charge in [-0.15, -0.1) is 0 Å². The van der Waals surface area contributed by atoms with Crippen LogP contribution in [0, 0.1) is 0 Å². The van der Waals surface area contributed by atoms with Gasteiger partial charge in [0.05, 0.1) is 0 Å². The van der Waals surface area contributed by atoms with Gasteiger partial charge in [0.15, 0.2) is 16.6 Å². The van der Waals surface area contributed by atoms with Gasteiger partial charge in [0, 0.05) is 18.9 Å². The van der Waals surface area contributed by atoms with Crippen molar-refractivity contribution in [2.75, 3.05) is 6.54 Å². The Bertz CT molecular complexity index is 302. The molecule has 1 heterocycles. The Morgan fingerprint density at radius 3 is 2.81 bits per heavy atom. The van der Waals surface area contributed by atoms with E-state index >= 15 is 0 Å². The highest BCUT2D eigenvalue weighted by molar-refractivity contribution is 7.80. The van der Waals surface area contributed by atoms with Gasteiger partial charge in [-0.2, -0.15) is 0 Å². The number of nitrogens with one attached hydrogen (secondary N) is 3. The fraction of sp³-hybridized carbons (Fsp3) is 0.900. The molecular formula is C10H19N3O2S. The van der Waals surface area contributed by atoms with Crippen LogP contribution in [0.2, 0.25) is 0 Å². The average molecular weight is 245 g/mol. The molecule has 6 heteroatoms. The Morgan fingerprint density at radius 1 is 1.44 bits per heavy atom. The largest absolute Gasteiger partial charge is 0.367 e. The Balaban J connectivity index is 2.04. The van der Waals surface area contributed by atoms with Crippen LogP contribution in [0.4, 0.5) is 0 Å². The first-order valence-corrected chi connectivity index (χ1v) is 6.18. The highest BCUT2D eigenvalue weighted by Gasteiger charge is 2.58. The smallest absolute Gasteiger partial charge is 0.187 e. The maximum Gasteiger partial charge on any atom is 0.187 e. The van der Waals surface area contributed by atoms with Gasteiger partial charge in [-0.25, -0.2) is 0 Å². The first kappa shape index (κ1) is 12.0. The van der Waals surface area contributed by atoms with Crippen LogP contribution in [0.25, 0.3) is 0 Å². The van der Waals surface area contributed by atoms with Crippen LogP contribution in [-0.2, 0) is 0 Å². The van der Waals surface area contributed by atoms with Crippen LogP contribution in [0.1, 0.15) is 32.6 Å². The zero-order valence-electron chi connectivity index (χ0n) is 9.42. The lowest BCUT2D eigenvalue weighted by molar-refractivity contribution is -0.180. The van der Waals surface area contributed by atoms with E-state index < -0.39 is 11.4 Å². The molecule has 1 saturated carbocycles. The lowest BCUT2D eigenvalue weighted by atomic mass is 9.81. The molecule has 0 aromatic carbocycles. The summed E-state index contributed by atoms with van der Waals surface area (Å²) in [6.07, 6.45) is 2.83. The van der Waals surface area contributed by atoms with Gasteiger partial charge in [0.2, 0.25) is 0 Å². The Kier molecular flexibility index (Phi) is 3.09. The molecule has 0 bridgehead atoms. The van der Waals surface area contributed by atoms with E-state index in [9.17, 15) is 10.2 Å². The van der Waals surface area contributed by atoms with Crippen LogP contribution >= 0.6 is 12.2 Å². The predicted molar refractivity (Wildman–Crippen MR) is 64.7 cm³/mol. The molecule has 0 amide bonds. The summed E-state index contributed by atoms with van der Waals surface area (Å²) >= 11 is 4.94. The number of rotatable bonds is 3. The Labute approximate surface area is 101 Å². The summed E-state index contributed by atoms with van der Waals surface area (Å²) in [5.41, 5.74) is -2.65. The van der Waals surface area contributed by atoms with E-state index in [1.807, 2.05) is 0 Å². The average Bonchev–Trinajstić information content (AvgIpc) is 2.43. The number of aliphatic hydroxyl groups is 2. The number of fused-ring (bicyclic) bond motifs is 1. The van der Waals surface area contributed by atoms with Gasteiger partial charge in [0.25, 0.3) is 0 Å². The molecule has 3 unspecified atom stereocenters. The van der Waals surface area contributed by atoms with Crippen molar-refractivity contribution in [1.82, 2.24) is 16.0 Å². The molecular weight excluding hydrogens is 226 g/mol. The lowest BCUT2D eigenvalue weighted by Gasteiger charge is -2.43. The van der Waals surface area contributed by atoms with Crippen LogP contribution in [-0.4, -0.2) is 39.4 Å². The van der Waals surface area contributed by atoms with E-state index in [0.717, 1.165) is 19.4 Å². The molecule has 5 N–H and O–H groups in total. The third-order valence-electron chi connectivity index (χ3n) is 3.40. The predicted octanol–water partition coefficient (Wildman–Crippen LogP) is -0.607. The molecule has 2 fully saturated rings. The fourth-order valence-electron chi connectivity index (χ4n) is 2.47. The SMILES string of the molecule is CCCNC1CCC2(O)NC(=S)NC2(O)C1. The van der Waals surface area contributed by atoms with Gasteiger partial charge in [0.1, 0.15) is 0 Å². The van der Waals surface area contributed by atoms with Crippen LogP contribution in [0.3, 0.4) is 0 Å². The molecule has 2 rings (SSSR count). The van der Waals surface area contributed by atoms with Crippen molar-refractivity contribution in [3.63, 3.8) is 0 Å². The fourth-order valence-corrected chi connectivity index (χ4v) is 2.80. The van der Waals surface area contributed by atoms with E-state index in [0.29, 0.717) is 18.0 Å². The van der Waals surface area contributed by atoms with Gasteiger partial charge < -0.3 is 26.2 Å². The van der Waals surface area contributed by atoms with Gasteiger partial charge in [-0.05, 0) is 31.6 Å². The number of thiocarbonyl (C=S) groups is 1. The summed E-state index contributed by atoms with van der Waals surface area (Å²) in [7, 11) is 0. The van der Waals surface area contributed by atoms with E-state index in [4.69, 9.17) is 12.2 Å². The van der Waals surface area contributed by atoms with Gasteiger partial charge >= 0.3 is 0 Å². The second-order valence-electron chi connectivity index (χ2n) is 4.69. The molecule has 2 aliphatic rings. The van der Waals surface area contributed by atoms with Crippen LogP contribution in [0.15, 0.2) is 0 Å². The quantitative estimate of drug-likeness (QED) is 0.427. The molecule has 0 aromatic heterocycles. The number of hydrogen-bond acceptors (Lipinski definition) is 4. The molecule has 0 radical (unpaired) electrons. The Morgan fingerprint density at radius 2 is 2.12 bits per heavy atom. The maximum atomic E-state index is 10.4. The highest BCUT2D eigenvalue weighted by atomic mass is 32.1. The molecule has 3 atom stereocenters. The molecule has 92 valence electrons. The molecule has 0 aromatic rings. The minimum absolute atomic E-state index is 0.223. The van der Waals surface area contributed by atoms with Crippen molar-refractivity contribution in [3.05, 3.63) is 0 Å². The maximum absolute atomic E-state index is 10.4. The van der Waals surface area contributed by atoms with E-state index in [-0.39, 0.29) is 6.04 Å². The van der Waals surface area contributed by atoms with Gasteiger partial charge in [-0.3, -0.25) is 0 Å². The molecule has 1 aliphatic carbocycles. The molecule has 5 nitrogen and oxygen atoms in total. The summed E-state index contributed by atoms with van der Waals surface area (Å²) in [6.45, 7) is 3.03. The Hall–Kier alpha value is -0.430. The van der Waals surface area contributed by atoms with Crippen molar-refractivity contribution in [3.8, 4) is 0 Å². The monoisotopic (exact) mass is 245 g/mol. The van der Waals surface area contributed by atoms with Crippen molar-refractivity contribution >= 4 is 17.3 Å². The van der Waals surface area contributed by atoms with Crippen molar-refractivity contribution in [2.45, 2.75) is 50.1 Å². The topological polar surface area (TPSA) is 76.5 Å². The molecule has 1 aliphatic heterocycles. The molecule has 1 saturated heterocycles. The summed E-state index contributed by atoms with van der Waals surface area (Å²) in [4.78, 5) is 0. The van der Waals surface area contributed by atoms with Crippen molar-refractivity contribution < 1.29 is 10.2 Å². The van der Waals surface area contributed by atoms with Gasteiger partial charge in [-0.1, -0.05) is 6.92 Å². The second-order valence-corrected chi connectivity index (χ2v) is 5.10.